The number of benzene rings is 1. The third kappa shape index (κ3) is 3.06. The zero-order valence-electron chi connectivity index (χ0n) is 10.3. The smallest absolute Gasteiger partial charge is 0.0558 e. The van der Waals surface area contributed by atoms with Crippen molar-refractivity contribution >= 4 is 21.4 Å². The lowest BCUT2D eigenvalue weighted by molar-refractivity contribution is 0.105. The van der Waals surface area contributed by atoms with Gasteiger partial charge in [-0.1, -0.05) is 18.2 Å². The van der Waals surface area contributed by atoms with Crippen LogP contribution in [0.15, 0.2) is 29.6 Å². The molecule has 1 aromatic carbocycles. The maximum Gasteiger partial charge on any atom is 0.0558 e. The highest BCUT2D eigenvalue weighted by Gasteiger charge is 2.11. The van der Waals surface area contributed by atoms with Crippen LogP contribution >= 0.6 is 11.3 Å². The fraction of sp³-hybridized carbons (Fsp3) is 0.429. The molecular formula is C14H19NOS. The predicted molar refractivity (Wildman–Crippen MR) is 74.6 cm³/mol. The number of fused-ring (bicyclic) bond motifs is 1. The maximum absolute atomic E-state index is 6.16. The zero-order chi connectivity index (χ0) is 12.3. The van der Waals surface area contributed by atoms with Gasteiger partial charge in [0.2, 0.25) is 0 Å². The van der Waals surface area contributed by atoms with E-state index in [1.807, 2.05) is 0 Å². The first-order chi connectivity index (χ1) is 8.20. The van der Waals surface area contributed by atoms with E-state index in [0.717, 1.165) is 12.8 Å². The highest BCUT2D eigenvalue weighted by molar-refractivity contribution is 7.17. The van der Waals surface area contributed by atoms with E-state index >= 15 is 0 Å². The minimum Gasteiger partial charge on any atom is -0.382 e. The molecule has 0 bridgehead atoms. The average Bonchev–Trinajstić information content (AvgIpc) is 2.72. The third-order valence-electron chi connectivity index (χ3n) is 3.08. The van der Waals surface area contributed by atoms with Crippen molar-refractivity contribution in [2.75, 3.05) is 7.11 Å². The molecule has 0 aliphatic heterocycles. The number of nitrogens with two attached hydrogens (primary N) is 1. The summed E-state index contributed by atoms with van der Waals surface area (Å²) in [5.74, 6) is 0. The van der Waals surface area contributed by atoms with Gasteiger partial charge in [0.25, 0.3) is 0 Å². The Kier molecular flexibility index (Phi) is 4.15. The van der Waals surface area contributed by atoms with E-state index in [-0.39, 0.29) is 12.1 Å². The molecule has 2 atom stereocenters. The molecule has 2 unspecified atom stereocenters. The number of hydrogen-bond donors (Lipinski definition) is 1. The Hall–Kier alpha value is -0.900. The molecule has 0 radical (unpaired) electrons. The molecule has 0 saturated carbocycles. The van der Waals surface area contributed by atoms with Gasteiger partial charge < -0.3 is 10.5 Å². The van der Waals surface area contributed by atoms with Gasteiger partial charge >= 0.3 is 0 Å². The van der Waals surface area contributed by atoms with Gasteiger partial charge in [-0.3, -0.25) is 0 Å². The van der Waals surface area contributed by atoms with Gasteiger partial charge in [0.1, 0.15) is 0 Å². The summed E-state index contributed by atoms with van der Waals surface area (Å²) in [6, 6.07) is 8.67. The first-order valence-corrected chi connectivity index (χ1v) is 6.82. The highest BCUT2D eigenvalue weighted by Crippen LogP contribution is 2.26. The zero-order valence-corrected chi connectivity index (χ0v) is 11.2. The Morgan fingerprint density at radius 2 is 2.12 bits per heavy atom. The molecule has 92 valence electrons. The second kappa shape index (κ2) is 5.63. The van der Waals surface area contributed by atoms with Crippen LogP contribution in [0.25, 0.3) is 10.1 Å². The second-order valence-corrected chi connectivity index (χ2v) is 5.41. The van der Waals surface area contributed by atoms with E-state index < -0.39 is 0 Å². The van der Waals surface area contributed by atoms with Crippen molar-refractivity contribution in [3.8, 4) is 0 Å². The fourth-order valence-corrected chi connectivity index (χ4v) is 3.05. The first-order valence-electron chi connectivity index (χ1n) is 5.94. The van der Waals surface area contributed by atoms with Crippen molar-refractivity contribution in [3.63, 3.8) is 0 Å². The third-order valence-corrected chi connectivity index (χ3v) is 4.09. The Bertz CT molecular complexity index is 480. The van der Waals surface area contributed by atoms with Crippen LogP contribution in [-0.2, 0) is 11.2 Å². The van der Waals surface area contributed by atoms with Gasteiger partial charge in [-0.15, -0.1) is 11.3 Å². The summed E-state index contributed by atoms with van der Waals surface area (Å²) in [4.78, 5) is 0. The number of hydrogen-bond acceptors (Lipinski definition) is 3. The Labute approximate surface area is 106 Å². The second-order valence-electron chi connectivity index (χ2n) is 4.50. The van der Waals surface area contributed by atoms with E-state index in [4.69, 9.17) is 10.5 Å². The number of rotatable bonds is 5. The molecule has 0 saturated heterocycles. The van der Waals surface area contributed by atoms with Crippen molar-refractivity contribution in [2.24, 2.45) is 5.73 Å². The predicted octanol–water partition coefficient (Wildman–Crippen LogP) is 3.20. The summed E-state index contributed by atoms with van der Waals surface area (Å²) >= 11 is 1.79. The summed E-state index contributed by atoms with van der Waals surface area (Å²) in [7, 11) is 1.73. The van der Waals surface area contributed by atoms with E-state index in [9.17, 15) is 0 Å². The molecule has 0 aliphatic rings. The molecule has 2 nitrogen and oxygen atoms in total. The summed E-state index contributed by atoms with van der Waals surface area (Å²) in [5, 5.41) is 3.57. The topological polar surface area (TPSA) is 35.2 Å². The lowest BCUT2D eigenvalue weighted by Crippen LogP contribution is -2.27. The van der Waals surface area contributed by atoms with Gasteiger partial charge in [0, 0.05) is 17.9 Å². The van der Waals surface area contributed by atoms with Crippen LogP contribution in [0.3, 0.4) is 0 Å². The van der Waals surface area contributed by atoms with Crippen LogP contribution in [0.4, 0.5) is 0 Å². The van der Waals surface area contributed by atoms with Crippen LogP contribution in [0.1, 0.15) is 18.9 Å². The summed E-state index contributed by atoms with van der Waals surface area (Å²) in [5.41, 5.74) is 7.52. The monoisotopic (exact) mass is 249 g/mol. The average molecular weight is 249 g/mol. The lowest BCUT2D eigenvalue weighted by Gasteiger charge is -2.15. The summed E-state index contributed by atoms with van der Waals surface area (Å²) in [6.07, 6.45) is 2.06. The molecule has 2 aromatic rings. The van der Waals surface area contributed by atoms with Crippen LogP contribution in [0.2, 0.25) is 0 Å². The van der Waals surface area contributed by atoms with Crippen LogP contribution in [-0.4, -0.2) is 19.3 Å². The molecule has 2 rings (SSSR count). The van der Waals surface area contributed by atoms with E-state index in [1.165, 1.54) is 15.6 Å². The molecule has 2 N–H and O–H groups in total. The van der Waals surface area contributed by atoms with E-state index in [1.54, 1.807) is 18.4 Å². The maximum atomic E-state index is 6.16. The standard InChI is InChI=1S/C14H19NOS/c1-10(16-2)7-12(15)8-11-9-17-14-6-4-3-5-13(11)14/h3-6,9-10,12H,7-8,15H2,1-2H3. The van der Waals surface area contributed by atoms with Crippen molar-refractivity contribution < 1.29 is 4.74 Å². The molecular weight excluding hydrogens is 230 g/mol. The molecule has 0 fully saturated rings. The van der Waals surface area contributed by atoms with Gasteiger partial charge in [-0.05, 0) is 42.2 Å². The van der Waals surface area contributed by atoms with E-state index in [2.05, 4.69) is 36.6 Å². The van der Waals surface area contributed by atoms with Crippen LogP contribution in [0, 0.1) is 0 Å². The van der Waals surface area contributed by atoms with Gasteiger partial charge in [0.05, 0.1) is 6.10 Å². The Morgan fingerprint density at radius 1 is 1.35 bits per heavy atom. The Balaban J connectivity index is 2.08. The number of ether oxygens (including phenoxy) is 1. The fourth-order valence-electron chi connectivity index (χ4n) is 2.08. The molecule has 17 heavy (non-hydrogen) atoms. The lowest BCUT2D eigenvalue weighted by atomic mass is 10.0. The Morgan fingerprint density at radius 3 is 2.88 bits per heavy atom. The van der Waals surface area contributed by atoms with E-state index in [0.29, 0.717) is 0 Å². The van der Waals surface area contributed by atoms with Gasteiger partial charge in [-0.2, -0.15) is 0 Å². The van der Waals surface area contributed by atoms with Crippen molar-refractivity contribution in [1.82, 2.24) is 0 Å². The molecule has 0 spiro atoms. The molecule has 1 heterocycles. The normalized spacial score (nSPS) is 15.0. The summed E-state index contributed by atoms with van der Waals surface area (Å²) in [6.45, 7) is 2.06. The van der Waals surface area contributed by atoms with Crippen molar-refractivity contribution in [1.29, 1.82) is 0 Å². The van der Waals surface area contributed by atoms with Crippen LogP contribution in [0.5, 0.6) is 0 Å². The number of methoxy groups -OCH3 is 1. The van der Waals surface area contributed by atoms with Crippen molar-refractivity contribution in [2.45, 2.75) is 31.9 Å². The minimum absolute atomic E-state index is 0.169. The number of thiophene rings is 1. The quantitative estimate of drug-likeness (QED) is 0.883. The molecule has 1 aromatic heterocycles. The first kappa shape index (κ1) is 12.6. The summed E-state index contributed by atoms with van der Waals surface area (Å²) < 4.78 is 6.59. The van der Waals surface area contributed by atoms with Gasteiger partial charge in [-0.25, -0.2) is 0 Å². The van der Waals surface area contributed by atoms with Gasteiger partial charge in [0.15, 0.2) is 0 Å². The molecule has 0 aliphatic carbocycles. The molecule has 3 heteroatoms. The highest BCUT2D eigenvalue weighted by atomic mass is 32.1. The molecule has 0 amide bonds. The minimum atomic E-state index is 0.169. The largest absolute Gasteiger partial charge is 0.382 e. The van der Waals surface area contributed by atoms with Crippen molar-refractivity contribution in [3.05, 3.63) is 35.2 Å². The SMILES string of the molecule is COC(C)CC(N)Cc1csc2ccccc12. The van der Waals surface area contributed by atoms with Crippen LogP contribution < -0.4 is 5.73 Å².